The Kier molecular flexibility index (Phi) is 5.23. The monoisotopic (exact) mass is 263 g/mol. The largest absolute Gasteiger partial charge is 0.496 e. The summed E-state index contributed by atoms with van der Waals surface area (Å²) in [6.45, 7) is 5.21. The van der Waals surface area contributed by atoms with Gasteiger partial charge >= 0.3 is 0 Å². The van der Waals surface area contributed by atoms with Gasteiger partial charge in [0.1, 0.15) is 5.75 Å². The van der Waals surface area contributed by atoms with Crippen LogP contribution in [-0.4, -0.2) is 36.8 Å². The molecule has 106 valence electrons. The molecule has 0 aromatic heterocycles. The molecule has 1 fully saturated rings. The van der Waals surface area contributed by atoms with E-state index in [1.807, 2.05) is 24.3 Å². The van der Waals surface area contributed by atoms with E-state index in [1.54, 1.807) is 7.11 Å². The summed E-state index contributed by atoms with van der Waals surface area (Å²) in [6.07, 6.45) is 3.31. The first-order valence-corrected chi connectivity index (χ1v) is 7.24. The molecule has 1 heterocycles. The molecule has 0 spiro atoms. The highest BCUT2D eigenvalue weighted by Crippen LogP contribution is 2.26. The standard InChI is InChI=1S/C16H25NO2/c1-13-6-5-10-17(11-9-13)12-15(18)14-7-3-4-8-16(14)19-2/h3-4,7-8,13,15,18H,5-6,9-12H2,1-2H3. The number of β-amino-alcohol motifs (C(OH)–C–C–N with tert-alkyl or cyclic N) is 1. The second kappa shape index (κ2) is 6.92. The lowest BCUT2D eigenvalue weighted by Crippen LogP contribution is -2.29. The van der Waals surface area contributed by atoms with E-state index in [2.05, 4.69) is 11.8 Å². The summed E-state index contributed by atoms with van der Waals surface area (Å²) in [5.74, 6) is 1.59. The second-order valence-electron chi connectivity index (χ2n) is 5.59. The van der Waals surface area contributed by atoms with Crippen LogP contribution in [0.25, 0.3) is 0 Å². The predicted molar refractivity (Wildman–Crippen MR) is 77.4 cm³/mol. The lowest BCUT2D eigenvalue weighted by atomic mass is 10.0. The summed E-state index contributed by atoms with van der Waals surface area (Å²) in [5.41, 5.74) is 0.891. The number of methoxy groups -OCH3 is 1. The van der Waals surface area contributed by atoms with Crippen molar-refractivity contribution in [3.8, 4) is 5.75 Å². The lowest BCUT2D eigenvalue weighted by Gasteiger charge is -2.24. The number of para-hydroxylation sites is 1. The fourth-order valence-electron chi connectivity index (χ4n) is 2.79. The summed E-state index contributed by atoms with van der Waals surface area (Å²) in [5, 5.41) is 10.4. The molecule has 2 rings (SSSR count). The quantitative estimate of drug-likeness (QED) is 0.906. The smallest absolute Gasteiger partial charge is 0.124 e. The molecule has 1 saturated heterocycles. The number of aliphatic hydroxyl groups excluding tert-OH is 1. The summed E-state index contributed by atoms with van der Waals surface area (Å²) in [6, 6.07) is 7.74. The van der Waals surface area contributed by atoms with Crippen LogP contribution in [0, 0.1) is 5.92 Å². The van der Waals surface area contributed by atoms with Crippen molar-refractivity contribution in [3.63, 3.8) is 0 Å². The third-order valence-corrected chi connectivity index (χ3v) is 4.04. The zero-order chi connectivity index (χ0) is 13.7. The van der Waals surface area contributed by atoms with Crippen LogP contribution in [-0.2, 0) is 0 Å². The topological polar surface area (TPSA) is 32.7 Å². The van der Waals surface area contributed by atoms with Crippen LogP contribution in [0.4, 0.5) is 0 Å². The third kappa shape index (κ3) is 3.95. The summed E-state index contributed by atoms with van der Waals surface area (Å²) in [4.78, 5) is 2.38. The van der Waals surface area contributed by atoms with Crippen molar-refractivity contribution in [2.45, 2.75) is 32.3 Å². The number of rotatable bonds is 4. The molecule has 1 N–H and O–H groups in total. The maximum Gasteiger partial charge on any atom is 0.124 e. The van der Waals surface area contributed by atoms with Crippen molar-refractivity contribution in [1.29, 1.82) is 0 Å². The van der Waals surface area contributed by atoms with E-state index >= 15 is 0 Å². The SMILES string of the molecule is COc1ccccc1C(O)CN1CCCC(C)CC1. The fraction of sp³-hybridized carbons (Fsp3) is 0.625. The number of hydrogen-bond donors (Lipinski definition) is 1. The van der Waals surface area contributed by atoms with Gasteiger partial charge in [0.05, 0.1) is 13.2 Å². The molecule has 0 radical (unpaired) electrons. The van der Waals surface area contributed by atoms with Gasteiger partial charge in [-0.25, -0.2) is 0 Å². The van der Waals surface area contributed by atoms with Crippen molar-refractivity contribution in [2.75, 3.05) is 26.7 Å². The fourth-order valence-corrected chi connectivity index (χ4v) is 2.79. The Morgan fingerprint density at radius 3 is 2.89 bits per heavy atom. The number of likely N-dealkylation sites (tertiary alicyclic amines) is 1. The van der Waals surface area contributed by atoms with E-state index in [0.717, 1.165) is 30.3 Å². The highest BCUT2D eigenvalue weighted by Gasteiger charge is 2.19. The van der Waals surface area contributed by atoms with Gasteiger partial charge in [-0.1, -0.05) is 25.1 Å². The molecule has 1 aliphatic heterocycles. The first-order valence-electron chi connectivity index (χ1n) is 7.24. The molecule has 0 amide bonds. The minimum atomic E-state index is -0.468. The molecular formula is C16H25NO2. The average Bonchev–Trinajstić information content (AvgIpc) is 2.63. The molecule has 0 aliphatic carbocycles. The minimum absolute atomic E-state index is 0.468. The van der Waals surface area contributed by atoms with Gasteiger partial charge in [0.2, 0.25) is 0 Å². The van der Waals surface area contributed by atoms with Crippen LogP contribution in [0.3, 0.4) is 0 Å². The predicted octanol–water partition coefficient (Wildman–Crippen LogP) is 2.85. The van der Waals surface area contributed by atoms with Gasteiger partial charge < -0.3 is 14.7 Å². The Morgan fingerprint density at radius 2 is 2.11 bits per heavy atom. The number of nitrogens with zero attached hydrogens (tertiary/aromatic N) is 1. The van der Waals surface area contributed by atoms with E-state index < -0.39 is 6.10 Å². The van der Waals surface area contributed by atoms with E-state index in [1.165, 1.54) is 19.3 Å². The highest BCUT2D eigenvalue weighted by atomic mass is 16.5. The normalized spacial score (nSPS) is 22.8. The number of aliphatic hydroxyl groups is 1. The lowest BCUT2D eigenvalue weighted by molar-refractivity contribution is 0.112. The zero-order valence-corrected chi connectivity index (χ0v) is 12.0. The maximum absolute atomic E-state index is 10.4. The summed E-state index contributed by atoms with van der Waals surface area (Å²) >= 11 is 0. The Bertz CT molecular complexity index is 394. The second-order valence-corrected chi connectivity index (χ2v) is 5.59. The van der Waals surface area contributed by atoms with Gasteiger partial charge in [-0.05, 0) is 44.3 Å². The Hall–Kier alpha value is -1.06. The summed E-state index contributed by atoms with van der Waals surface area (Å²) < 4.78 is 5.32. The van der Waals surface area contributed by atoms with Gasteiger partial charge in [-0.3, -0.25) is 0 Å². The molecule has 3 nitrogen and oxygen atoms in total. The molecule has 3 heteroatoms. The molecule has 1 aromatic carbocycles. The number of benzene rings is 1. The van der Waals surface area contributed by atoms with Crippen molar-refractivity contribution in [3.05, 3.63) is 29.8 Å². The van der Waals surface area contributed by atoms with Crippen molar-refractivity contribution >= 4 is 0 Å². The van der Waals surface area contributed by atoms with Crippen LogP contribution in [0.5, 0.6) is 5.75 Å². The molecule has 2 atom stereocenters. The minimum Gasteiger partial charge on any atom is -0.496 e. The van der Waals surface area contributed by atoms with E-state index in [9.17, 15) is 5.11 Å². The number of hydrogen-bond acceptors (Lipinski definition) is 3. The molecule has 1 aliphatic rings. The van der Waals surface area contributed by atoms with Gasteiger partial charge in [0.25, 0.3) is 0 Å². The Morgan fingerprint density at radius 1 is 1.32 bits per heavy atom. The molecule has 1 aromatic rings. The van der Waals surface area contributed by atoms with Crippen LogP contribution >= 0.6 is 0 Å². The van der Waals surface area contributed by atoms with E-state index in [0.29, 0.717) is 6.54 Å². The molecule has 19 heavy (non-hydrogen) atoms. The van der Waals surface area contributed by atoms with Crippen LogP contribution in [0.2, 0.25) is 0 Å². The first-order chi connectivity index (χ1) is 9.20. The molecule has 0 saturated carbocycles. The van der Waals surface area contributed by atoms with Gasteiger partial charge in [0.15, 0.2) is 0 Å². The van der Waals surface area contributed by atoms with Crippen molar-refractivity contribution < 1.29 is 9.84 Å². The Labute approximate surface area is 116 Å². The number of ether oxygens (including phenoxy) is 1. The maximum atomic E-state index is 10.4. The molecular weight excluding hydrogens is 238 g/mol. The van der Waals surface area contributed by atoms with Gasteiger partial charge in [-0.2, -0.15) is 0 Å². The molecule has 2 unspecified atom stereocenters. The molecule has 0 bridgehead atoms. The zero-order valence-electron chi connectivity index (χ0n) is 12.0. The van der Waals surface area contributed by atoms with Gasteiger partial charge in [0, 0.05) is 12.1 Å². The first kappa shape index (κ1) is 14.4. The Balaban J connectivity index is 1.98. The average molecular weight is 263 g/mol. The van der Waals surface area contributed by atoms with Crippen molar-refractivity contribution in [2.24, 2.45) is 5.92 Å². The summed E-state index contributed by atoms with van der Waals surface area (Å²) in [7, 11) is 1.65. The van der Waals surface area contributed by atoms with Gasteiger partial charge in [-0.15, -0.1) is 0 Å². The van der Waals surface area contributed by atoms with E-state index in [-0.39, 0.29) is 0 Å². The van der Waals surface area contributed by atoms with E-state index in [4.69, 9.17) is 4.74 Å². The van der Waals surface area contributed by atoms with Crippen LogP contribution in [0.1, 0.15) is 37.9 Å². The van der Waals surface area contributed by atoms with Crippen LogP contribution < -0.4 is 4.74 Å². The van der Waals surface area contributed by atoms with Crippen LogP contribution in [0.15, 0.2) is 24.3 Å². The van der Waals surface area contributed by atoms with Crippen molar-refractivity contribution in [1.82, 2.24) is 4.90 Å². The highest BCUT2D eigenvalue weighted by molar-refractivity contribution is 5.35. The third-order valence-electron chi connectivity index (χ3n) is 4.04.